The summed E-state index contributed by atoms with van der Waals surface area (Å²) >= 11 is 5.86. The largest absolute Gasteiger partial charge is 0.380 e. The van der Waals surface area contributed by atoms with Gasteiger partial charge >= 0.3 is 0 Å². The van der Waals surface area contributed by atoms with E-state index in [1.54, 1.807) is 6.20 Å². The van der Waals surface area contributed by atoms with Crippen molar-refractivity contribution in [3.05, 3.63) is 46.5 Å². The zero-order chi connectivity index (χ0) is 13.1. The van der Waals surface area contributed by atoms with Gasteiger partial charge in [-0.3, -0.25) is 0 Å². The summed E-state index contributed by atoms with van der Waals surface area (Å²) in [6.07, 6.45) is 3.63. The standard InChI is InChI=1S/C13H13ClN4/c1-9-3-11(7-17-13(9)14)16-6-10-4-12(5-15)18(2)8-10/h3-4,7-8,16H,6H2,1-2H3. The van der Waals surface area contributed by atoms with Crippen molar-refractivity contribution in [3.8, 4) is 6.07 Å². The lowest BCUT2D eigenvalue weighted by Crippen LogP contribution is -1.99. The van der Waals surface area contributed by atoms with E-state index in [1.807, 2.05) is 36.9 Å². The Balaban J connectivity index is 2.07. The molecule has 0 saturated carbocycles. The number of halogens is 1. The maximum atomic E-state index is 8.87. The Kier molecular flexibility index (Phi) is 3.54. The molecule has 0 aromatic carbocycles. The predicted octanol–water partition coefficient (Wildman–Crippen LogP) is 2.87. The Morgan fingerprint density at radius 3 is 2.89 bits per heavy atom. The van der Waals surface area contributed by atoms with Crippen molar-refractivity contribution < 1.29 is 0 Å². The predicted molar refractivity (Wildman–Crippen MR) is 71.4 cm³/mol. The van der Waals surface area contributed by atoms with E-state index in [-0.39, 0.29) is 0 Å². The zero-order valence-corrected chi connectivity index (χ0v) is 11.0. The molecule has 1 N–H and O–H groups in total. The quantitative estimate of drug-likeness (QED) is 0.864. The highest BCUT2D eigenvalue weighted by atomic mass is 35.5. The number of pyridine rings is 1. The van der Waals surface area contributed by atoms with Crippen LogP contribution >= 0.6 is 11.6 Å². The molecule has 0 unspecified atom stereocenters. The summed E-state index contributed by atoms with van der Waals surface area (Å²) in [5, 5.41) is 12.6. The van der Waals surface area contributed by atoms with E-state index in [1.165, 1.54) is 0 Å². The van der Waals surface area contributed by atoms with Gasteiger partial charge in [0.1, 0.15) is 16.9 Å². The van der Waals surface area contributed by atoms with Gasteiger partial charge in [0.15, 0.2) is 0 Å². The highest BCUT2D eigenvalue weighted by Crippen LogP contribution is 2.17. The van der Waals surface area contributed by atoms with Crippen LogP contribution in [0.5, 0.6) is 0 Å². The minimum absolute atomic E-state index is 0.520. The molecule has 2 aromatic heterocycles. The molecule has 18 heavy (non-hydrogen) atoms. The Morgan fingerprint density at radius 2 is 2.28 bits per heavy atom. The van der Waals surface area contributed by atoms with Gasteiger partial charge in [-0.1, -0.05) is 11.6 Å². The van der Waals surface area contributed by atoms with Crippen LogP contribution in [0.4, 0.5) is 5.69 Å². The highest BCUT2D eigenvalue weighted by Gasteiger charge is 2.03. The van der Waals surface area contributed by atoms with Gasteiger partial charge in [0, 0.05) is 19.8 Å². The van der Waals surface area contributed by atoms with Gasteiger partial charge in [0.05, 0.1) is 11.9 Å². The molecule has 0 fully saturated rings. The second-order valence-electron chi connectivity index (χ2n) is 4.14. The fraction of sp³-hybridized carbons (Fsp3) is 0.231. The van der Waals surface area contributed by atoms with Gasteiger partial charge in [-0.15, -0.1) is 0 Å². The van der Waals surface area contributed by atoms with E-state index < -0.39 is 0 Å². The first-order chi connectivity index (χ1) is 8.60. The van der Waals surface area contributed by atoms with Crippen LogP contribution in [0.15, 0.2) is 24.5 Å². The van der Waals surface area contributed by atoms with Crippen molar-refractivity contribution in [3.63, 3.8) is 0 Å². The van der Waals surface area contributed by atoms with Crippen LogP contribution in [0.1, 0.15) is 16.8 Å². The summed E-state index contributed by atoms with van der Waals surface area (Å²) in [5.74, 6) is 0. The Bertz CT molecular complexity index is 610. The van der Waals surface area contributed by atoms with Crippen molar-refractivity contribution in [1.29, 1.82) is 5.26 Å². The molecule has 92 valence electrons. The van der Waals surface area contributed by atoms with E-state index in [4.69, 9.17) is 16.9 Å². The lowest BCUT2D eigenvalue weighted by molar-refractivity contribution is 0.902. The van der Waals surface area contributed by atoms with Gasteiger partial charge in [-0.25, -0.2) is 4.98 Å². The van der Waals surface area contributed by atoms with Gasteiger partial charge in [-0.2, -0.15) is 5.26 Å². The molecule has 0 aliphatic heterocycles. The molecule has 0 spiro atoms. The number of nitrogens with zero attached hydrogens (tertiary/aromatic N) is 3. The third-order valence-corrected chi connectivity index (χ3v) is 3.08. The Labute approximate surface area is 111 Å². The van der Waals surface area contributed by atoms with Crippen LogP contribution in [0.2, 0.25) is 5.15 Å². The van der Waals surface area contributed by atoms with Crippen molar-refractivity contribution in [2.75, 3.05) is 5.32 Å². The topological polar surface area (TPSA) is 53.6 Å². The number of rotatable bonds is 3. The molecule has 0 radical (unpaired) electrons. The van der Waals surface area contributed by atoms with E-state index in [0.717, 1.165) is 16.8 Å². The van der Waals surface area contributed by atoms with E-state index >= 15 is 0 Å². The first kappa shape index (κ1) is 12.5. The maximum absolute atomic E-state index is 8.87. The zero-order valence-electron chi connectivity index (χ0n) is 10.2. The van der Waals surface area contributed by atoms with Crippen molar-refractivity contribution in [2.24, 2.45) is 7.05 Å². The molecule has 4 nitrogen and oxygen atoms in total. The van der Waals surface area contributed by atoms with Gasteiger partial charge in [0.2, 0.25) is 0 Å². The smallest absolute Gasteiger partial charge is 0.132 e. The summed E-state index contributed by atoms with van der Waals surface area (Å²) < 4.78 is 1.81. The molecular weight excluding hydrogens is 248 g/mol. The normalized spacial score (nSPS) is 10.1. The van der Waals surface area contributed by atoms with Crippen molar-refractivity contribution in [2.45, 2.75) is 13.5 Å². The first-order valence-corrected chi connectivity index (χ1v) is 5.89. The van der Waals surface area contributed by atoms with Crippen LogP contribution in [-0.2, 0) is 13.6 Å². The molecule has 2 rings (SSSR count). The molecule has 0 amide bonds. The average Bonchev–Trinajstić information content (AvgIpc) is 2.71. The minimum Gasteiger partial charge on any atom is -0.380 e. The molecule has 5 heteroatoms. The van der Waals surface area contributed by atoms with Gasteiger partial charge in [-0.05, 0) is 30.2 Å². The molecule has 0 bridgehead atoms. The fourth-order valence-corrected chi connectivity index (χ4v) is 1.80. The van der Waals surface area contributed by atoms with Crippen LogP contribution in [-0.4, -0.2) is 9.55 Å². The monoisotopic (exact) mass is 260 g/mol. The molecule has 2 aromatic rings. The second-order valence-corrected chi connectivity index (χ2v) is 4.50. The molecule has 0 aliphatic carbocycles. The van der Waals surface area contributed by atoms with Crippen LogP contribution in [0.25, 0.3) is 0 Å². The molecular formula is C13H13ClN4. The summed E-state index contributed by atoms with van der Waals surface area (Å²) in [6.45, 7) is 2.56. The number of anilines is 1. The number of nitriles is 1. The molecule has 0 aliphatic rings. The third-order valence-electron chi connectivity index (χ3n) is 2.69. The van der Waals surface area contributed by atoms with Crippen LogP contribution in [0.3, 0.4) is 0 Å². The summed E-state index contributed by atoms with van der Waals surface area (Å²) in [6, 6.07) is 5.95. The maximum Gasteiger partial charge on any atom is 0.132 e. The van der Waals surface area contributed by atoms with E-state index in [2.05, 4.69) is 16.4 Å². The lowest BCUT2D eigenvalue weighted by atomic mass is 10.2. The molecule has 2 heterocycles. The summed E-state index contributed by atoms with van der Waals surface area (Å²) in [5.41, 5.74) is 3.56. The van der Waals surface area contributed by atoms with Gasteiger partial charge in [0.25, 0.3) is 0 Å². The summed E-state index contributed by atoms with van der Waals surface area (Å²) in [4.78, 5) is 4.08. The molecule has 0 atom stereocenters. The third kappa shape index (κ3) is 2.63. The number of aromatic nitrogens is 2. The van der Waals surface area contributed by atoms with Crippen LogP contribution in [0, 0.1) is 18.3 Å². The number of aryl methyl sites for hydroxylation is 2. The minimum atomic E-state index is 0.520. The van der Waals surface area contributed by atoms with Crippen LogP contribution < -0.4 is 5.32 Å². The number of hydrogen-bond donors (Lipinski definition) is 1. The van der Waals surface area contributed by atoms with E-state index in [0.29, 0.717) is 17.4 Å². The number of nitrogens with one attached hydrogen (secondary N) is 1. The fourth-order valence-electron chi connectivity index (χ4n) is 1.70. The number of hydrogen-bond acceptors (Lipinski definition) is 3. The SMILES string of the molecule is Cc1cc(NCc2cc(C#N)n(C)c2)cnc1Cl. The second kappa shape index (κ2) is 5.11. The first-order valence-electron chi connectivity index (χ1n) is 5.51. The lowest BCUT2D eigenvalue weighted by Gasteiger charge is -2.06. The van der Waals surface area contributed by atoms with Gasteiger partial charge < -0.3 is 9.88 Å². The molecule has 0 saturated heterocycles. The Hall–Kier alpha value is -1.99. The Morgan fingerprint density at radius 1 is 1.50 bits per heavy atom. The van der Waals surface area contributed by atoms with E-state index in [9.17, 15) is 0 Å². The van der Waals surface area contributed by atoms with Crippen molar-refractivity contribution in [1.82, 2.24) is 9.55 Å². The average molecular weight is 261 g/mol. The summed E-state index contributed by atoms with van der Waals surface area (Å²) in [7, 11) is 1.86. The highest BCUT2D eigenvalue weighted by molar-refractivity contribution is 6.30. The van der Waals surface area contributed by atoms with Crippen molar-refractivity contribution >= 4 is 17.3 Å².